The van der Waals surface area contributed by atoms with Crippen LogP contribution >= 0.6 is 0 Å². The second kappa shape index (κ2) is 5.16. The van der Waals surface area contributed by atoms with Crippen LogP contribution in [-0.2, 0) is 6.42 Å². The lowest BCUT2D eigenvalue weighted by Gasteiger charge is -2.15. The molecule has 6 heteroatoms. The summed E-state index contributed by atoms with van der Waals surface area (Å²) in [5.74, 6) is 0.242. The molecule has 2 heterocycles. The minimum absolute atomic E-state index is 0.0386. The molecule has 1 aromatic carbocycles. The van der Waals surface area contributed by atoms with Crippen molar-refractivity contribution in [2.45, 2.75) is 12.8 Å². The van der Waals surface area contributed by atoms with Gasteiger partial charge in [-0.3, -0.25) is 9.78 Å². The molecule has 0 amide bonds. The van der Waals surface area contributed by atoms with E-state index in [2.05, 4.69) is 27.1 Å². The van der Waals surface area contributed by atoms with Gasteiger partial charge in [-0.15, -0.1) is 0 Å². The number of nitrogens with two attached hydrogens (primary N) is 1. The molecule has 0 radical (unpaired) electrons. The van der Waals surface area contributed by atoms with Gasteiger partial charge in [0.15, 0.2) is 5.69 Å². The van der Waals surface area contributed by atoms with Gasteiger partial charge in [-0.2, -0.15) is 4.98 Å². The molecule has 3 N–H and O–H groups in total. The lowest BCUT2D eigenvalue weighted by molar-refractivity contribution is 0.354. The van der Waals surface area contributed by atoms with Gasteiger partial charge in [0.1, 0.15) is 6.61 Å². The number of benzene rings is 1. The highest BCUT2D eigenvalue weighted by molar-refractivity contribution is 5.90. The monoisotopic (exact) mass is 270 g/mol. The third-order valence-corrected chi connectivity index (χ3v) is 3.07. The molecule has 0 unspecified atom stereocenters. The van der Waals surface area contributed by atoms with E-state index in [1.54, 1.807) is 0 Å². The zero-order valence-electron chi connectivity index (χ0n) is 10.8. The molecule has 3 rings (SSSR count). The topological polar surface area (TPSA) is 93.4 Å². The molecule has 0 saturated carbocycles. The van der Waals surface area contributed by atoms with E-state index in [9.17, 15) is 4.79 Å². The number of aromatic amines is 1. The molecule has 20 heavy (non-hydrogen) atoms. The minimum atomic E-state index is -0.371. The molecule has 1 aliphatic heterocycles. The normalized spacial score (nSPS) is 13.3. The van der Waals surface area contributed by atoms with Crippen LogP contribution in [0.1, 0.15) is 12.0 Å². The van der Waals surface area contributed by atoms with Crippen LogP contribution in [-0.4, -0.2) is 22.3 Å². The van der Waals surface area contributed by atoms with E-state index in [1.165, 1.54) is 5.56 Å². The summed E-state index contributed by atoms with van der Waals surface area (Å²) in [5, 5.41) is 0. The average Bonchev–Trinajstić information content (AvgIpc) is 2.46. The largest absolute Gasteiger partial charge is 0.470 e. The summed E-state index contributed by atoms with van der Waals surface area (Å²) in [7, 11) is 0. The van der Waals surface area contributed by atoms with Crippen LogP contribution in [0.2, 0.25) is 0 Å². The number of aliphatic imine (C=N–C) groups is 1. The minimum Gasteiger partial charge on any atom is -0.470 e. The van der Waals surface area contributed by atoms with E-state index in [0.29, 0.717) is 6.61 Å². The summed E-state index contributed by atoms with van der Waals surface area (Å²) in [6.45, 7) is 0.343. The van der Waals surface area contributed by atoms with Crippen molar-refractivity contribution in [3.63, 3.8) is 0 Å². The Labute approximate surface area is 115 Å². The van der Waals surface area contributed by atoms with E-state index >= 15 is 0 Å². The van der Waals surface area contributed by atoms with E-state index in [4.69, 9.17) is 10.5 Å². The van der Waals surface area contributed by atoms with Crippen molar-refractivity contribution in [1.29, 1.82) is 0 Å². The molecular formula is C14H14N4O2. The Kier molecular flexibility index (Phi) is 3.20. The summed E-state index contributed by atoms with van der Waals surface area (Å²) in [5.41, 5.74) is 7.35. The van der Waals surface area contributed by atoms with Crippen molar-refractivity contribution in [2.75, 3.05) is 12.3 Å². The first-order valence-corrected chi connectivity index (χ1v) is 6.35. The number of aryl methyl sites for hydroxylation is 1. The zero-order valence-corrected chi connectivity index (χ0v) is 10.8. The van der Waals surface area contributed by atoms with Crippen LogP contribution in [0.5, 0.6) is 5.88 Å². The fraction of sp³-hybridized carbons (Fsp3) is 0.214. The number of nitrogen functional groups attached to an aromatic ring is 1. The third kappa shape index (κ3) is 2.54. The number of ether oxygens (including phenoxy) is 1. The molecule has 102 valence electrons. The Morgan fingerprint density at radius 1 is 1.25 bits per heavy atom. The molecule has 0 aliphatic carbocycles. The van der Waals surface area contributed by atoms with Gasteiger partial charge in [-0.05, 0) is 18.4 Å². The number of hydrogen-bond acceptors (Lipinski definition) is 5. The van der Waals surface area contributed by atoms with E-state index in [-0.39, 0.29) is 23.1 Å². The highest BCUT2D eigenvalue weighted by atomic mass is 16.5. The number of rotatable bonds is 3. The lowest BCUT2D eigenvalue weighted by Crippen LogP contribution is -2.22. The second-order valence-electron chi connectivity index (χ2n) is 4.56. The van der Waals surface area contributed by atoms with Gasteiger partial charge < -0.3 is 10.5 Å². The Morgan fingerprint density at radius 3 is 2.85 bits per heavy atom. The van der Waals surface area contributed by atoms with E-state index in [0.717, 1.165) is 18.6 Å². The Hall–Kier alpha value is -2.63. The summed E-state index contributed by atoms with van der Waals surface area (Å²) in [6, 6.07) is 10.1. The van der Waals surface area contributed by atoms with Crippen molar-refractivity contribution < 1.29 is 4.74 Å². The molecular weight excluding hydrogens is 256 g/mol. The van der Waals surface area contributed by atoms with Crippen molar-refractivity contribution in [2.24, 2.45) is 4.99 Å². The lowest BCUT2D eigenvalue weighted by atomic mass is 10.1. The SMILES string of the molecule is Nc1nc2c(c(=O)[nH]1)N=C(CCc1ccccc1)CO2. The first-order valence-electron chi connectivity index (χ1n) is 6.35. The third-order valence-electron chi connectivity index (χ3n) is 3.07. The number of hydrogen-bond donors (Lipinski definition) is 2. The van der Waals surface area contributed by atoms with Crippen LogP contribution < -0.4 is 16.0 Å². The van der Waals surface area contributed by atoms with Gasteiger partial charge >= 0.3 is 0 Å². The van der Waals surface area contributed by atoms with Crippen LogP contribution in [0.25, 0.3) is 0 Å². The zero-order chi connectivity index (χ0) is 13.9. The predicted octanol–water partition coefficient (Wildman–Crippen LogP) is 1.45. The summed E-state index contributed by atoms with van der Waals surface area (Å²) in [6.07, 6.45) is 1.60. The van der Waals surface area contributed by atoms with Gasteiger partial charge in [-0.25, -0.2) is 4.99 Å². The number of H-pyrrole nitrogens is 1. The number of nitrogens with one attached hydrogen (secondary N) is 1. The number of fused-ring (bicyclic) bond motifs is 1. The number of anilines is 1. The molecule has 0 fully saturated rings. The molecule has 1 aromatic heterocycles. The van der Waals surface area contributed by atoms with Gasteiger partial charge in [0, 0.05) is 0 Å². The number of aromatic nitrogens is 2. The molecule has 0 saturated heterocycles. The quantitative estimate of drug-likeness (QED) is 0.882. The average molecular weight is 270 g/mol. The first kappa shape index (κ1) is 12.4. The molecule has 2 aromatic rings. The van der Waals surface area contributed by atoms with Crippen LogP contribution in [0.4, 0.5) is 11.6 Å². The highest BCUT2D eigenvalue weighted by Crippen LogP contribution is 2.25. The van der Waals surface area contributed by atoms with Crippen LogP contribution in [0.3, 0.4) is 0 Å². The predicted molar refractivity (Wildman–Crippen MR) is 76.6 cm³/mol. The van der Waals surface area contributed by atoms with E-state index < -0.39 is 0 Å². The van der Waals surface area contributed by atoms with Crippen LogP contribution in [0, 0.1) is 0 Å². The smallest absolute Gasteiger partial charge is 0.282 e. The van der Waals surface area contributed by atoms with E-state index in [1.807, 2.05) is 18.2 Å². The van der Waals surface area contributed by atoms with Crippen LogP contribution in [0.15, 0.2) is 40.1 Å². The second-order valence-corrected chi connectivity index (χ2v) is 4.56. The van der Waals surface area contributed by atoms with Crippen molar-refractivity contribution >= 4 is 17.3 Å². The summed E-state index contributed by atoms with van der Waals surface area (Å²) in [4.78, 5) is 22.4. The summed E-state index contributed by atoms with van der Waals surface area (Å²) >= 11 is 0. The molecule has 0 bridgehead atoms. The first-order chi connectivity index (χ1) is 9.72. The maximum absolute atomic E-state index is 11.7. The molecule has 0 atom stereocenters. The maximum atomic E-state index is 11.7. The fourth-order valence-electron chi connectivity index (χ4n) is 2.07. The van der Waals surface area contributed by atoms with Gasteiger partial charge in [-0.1, -0.05) is 30.3 Å². The maximum Gasteiger partial charge on any atom is 0.282 e. The molecule has 0 spiro atoms. The standard InChI is InChI=1S/C14H14N4O2/c15-14-17-12(19)11-13(18-14)20-8-10(16-11)7-6-9-4-2-1-3-5-9/h1-5H,6-8H2,(H3,15,17,18,19). The Bertz CT molecular complexity index is 707. The van der Waals surface area contributed by atoms with Gasteiger partial charge in [0.25, 0.3) is 5.56 Å². The van der Waals surface area contributed by atoms with Crippen molar-refractivity contribution in [3.05, 3.63) is 46.2 Å². The Morgan fingerprint density at radius 2 is 2.05 bits per heavy atom. The molecule has 1 aliphatic rings. The molecule has 6 nitrogen and oxygen atoms in total. The fourth-order valence-corrected chi connectivity index (χ4v) is 2.07. The number of nitrogens with zero attached hydrogens (tertiary/aromatic N) is 2. The van der Waals surface area contributed by atoms with Gasteiger partial charge in [0.05, 0.1) is 5.71 Å². The van der Waals surface area contributed by atoms with Gasteiger partial charge in [0.2, 0.25) is 11.8 Å². The van der Waals surface area contributed by atoms with Crippen molar-refractivity contribution in [3.8, 4) is 5.88 Å². The van der Waals surface area contributed by atoms with Crippen molar-refractivity contribution in [1.82, 2.24) is 9.97 Å². The highest BCUT2D eigenvalue weighted by Gasteiger charge is 2.18. The Balaban J connectivity index is 1.79. The summed E-state index contributed by atoms with van der Waals surface area (Å²) < 4.78 is 5.44.